The van der Waals surface area contributed by atoms with Crippen molar-refractivity contribution in [3.63, 3.8) is 0 Å². The van der Waals surface area contributed by atoms with Gasteiger partial charge in [-0.25, -0.2) is 9.78 Å². The van der Waals surface area contributed by atoms with Crippen LogP contribution in [-0.2, 0) is 6.54 Å². The lowest BCUT2D eigenvalue weighted by Gasteiger charge is -2.33. The number of nitrogens with zero attached hydrogens (tertiary/aromatic N) is 4. The van der Waals surface area contributed by atoms with Crippen LogP contribution in [0.2, 0.25) is 0 Å². The standard InChI is InChI=1S/C15H23N5O/c21-15(18-14-4-2-1-3-5-14)19-8-6-13(7-9-19)10-20-12-16-11-17-20/h1-2,11-14H,3-10H2,(H,18,21). The van der Waals surface area contributed by atoms with Gasteiger partial charge >= 0.3 is 6.03 Å². The predicted octanol–water partition coefficient (Wildman–Crippen LogP) is 1.81. The molecule has 2 heterocycles. The normalized spacial score (nSPS) is 23.2. The van der Waals surface area contributed by atoms with Gasteiger partial charge in [0.05, 0.1) is 0 Å². The Morgan fingerprint density at radius 1 is 1.24 bits per heavy atom. The minimum absolute atomic E-state index is 0.106. The van der Waals surface area contributed by atoms with Crippen LogP contribution in [0.5, 0.6) is 0 Å². The number of urea groups is 1. The number of carbonyl (C=O) groups is 1. The number of likely N-dealkylation sites (tertiary alicyclic amines) is 1. The van der Waals surface area contributed by atoms with Crippen LogP contribution in [0.25, 0.3) is 0 Å². The van der Waals surface area contributed by atoms with Gasteiger partial charge in [-0.3, -0.25) is 4.68 Å². The molecule has 114 valence electrons. The number of nitrogens with one attached hydrogen (secondary N) is 1. The topological polar surface area (TPSA) is 63.1 Å². The lowest BCUT2D eigenvalue weighted by Crippen LogP contribution is -2.48. The van der Waals surface area contributed by atoms with E-state index in [9.17, 15) is 4.79 Å². The first kappa shape index (κ1) is 14.1. The molecule has 1 fully saturated rings. The zero-order chi connectivity index (χ0) is 14.5. The molecule has 0 spiro atoms. The molecule has 1 unspecified atom stereocenters. The molecular weight excluding hydrogens is 266 g/mol. The molecule has 0 saturated carbocycles. The molecule has 1 atom stereocenters. The van der Waals surface area contributed by atoms with Gasteiger partial charge in [-0.2, -0.15) is 5.10 Å². The lowest BCUT2D eigenvalue weighted by atomic mass is 9.97. The van der Waals surface area contributed by atoms with Gasteiger partial charge < -0.3 is 10.2 Å². The maximum Gasteiger partial charge on any atom is 0.317 e. The first-order valence-corrected chi connectivity index (χ1v) is 7.84. The summed E-state index contributed by atoms with van der Waals surface area (Å²) in [7, 11) is 0. The van der Waals surface area contributed by atoms with Crippen molar-refractivity contribution >= 4 is 6.03 Å². The van der Waals surface area contributed by atoms with Crippen LogP contribution >= 0.6 is 0 Å². The third-order valence-corrected chi connectivity index (χ3v) is 4.41. The molecule has 3 rings (SSSR count). The molecule has 0 aromatic carbocycles. The number of aromatic nitrogens is 3. The van der Waals surface area contributed by atoms with Gasteiger partial charge in [0, 0.05) is 25.7 Å². The summed E-state index contributed by atoms with van der Waals surface area (Å²) in [5.41, 5.74) is 0. The van der Waals surface area contributed by atoms with Gasteiger partial charge in [0.2, 0.25) is 0 Å². The summed E-state index contributed by atoms with van der Waals surface area (Å²) < 4.78 is 1.88. The number of hydrogen-bond acceptors (Lipinski definition) is 3. The molecule has 6 heteroatoms. The number of allylic oxidation sites excluding steroid dienone is 1. The number of hydrogen-bond donors (Lipinski definition) is 1. The van der Waals surface area contributed by atoms with Crippen LogP contribution in [0, 0.1) is 5.92 Å². The van der Waals surface area contributed by atoms with Gasteiger partial charge in [0.15, 0.2) is 0 Å². The van der Waals surface area contributed by atoms with Gasteiger partial charge in [-0.1, -0.05) is 12.2 Å². The SMILES string of the molecule is O=C(NC1CC=CCC1)N1CCC(Cn2cncn2)CC1. The molecule has 6 nitrogen and oxygen atoms in total. The monoisotopic (exact) mass is 289 g/mol. The predicted molar refractivity (Wildman–Crippen MR) is 79.6 cm³/mol. The van der Waals surface area contributed by atoms with Crippen LogP contribution in [0.3, 0.4) is 0 Å². The van der Waals surface area contributed by atoms with Gasteiger partial charge in [-0.15, -0.1) is 0 Å². The first-order chi connectivity index (χ1) is 10.3. The summed E-state index contributed by atoms with van der Waals surface area (Å²) in [5, 5.41) is 7.31. The molecule has 2 amide bonds. The molecular formula is C15H23N5O. The molecule has 21 heavy (non-hydrogen) atoms. The second kappa shape index (κ2) is 6.74. The second-order valence-corrected chi connectivity index (χ2v) is 5.98. The van der Waals surface area contributed by atoms with E-state index in [0.717, 1.165) is 51.7 Å². The zero-order valence-corrected chi connectivity index (χ0v) is 12.3. The van der Waals surface area contributed by atoms with Crippen LogP contribution in [0.1, 0.15) is 32.1 Å². The Balaban J connectivity index is 1.42. The maximum absolute atomic E-state index is 12.3. The Morgan fingerprint density at radius 3 is 2.76 bits per heavy atom. The Kier molecular flexibility index (Phi) is 4.52. The van der Waals surface area contributed by atoms with Crippen molar-refractivity contribution in [2.24, 2.45) is 5.92 Å². The van der Waals surface area contributed by atoms with Gasteiger partial charge in [0.25, 0.3) is 0 Å². The molecule has 0 bridgehead atoms. The summed E-state index contributed by atoms with van der Waals surface area (Å²) >= 11 is 0. The van der Waals surface area contributed by atoms with Crippen LogP contribution < -0.4 is 5.32 Å². The fourth-order valence-electron chi connectivity index (χ4n) is 3.10. The largest absolute Gasteiger partial charge is 0.335 e. The Bertz CT molecular complexity index is 476. The highest BCUT2D eigenvalue weighted by atomic mass is 16.2. The smallest absolute Gasteiger partial charge is 0.317 e. The van der Waals surface area contributed by atoms with E-state index in [0.29, 0.717) is 12.0 Å². The number of rotatable bonds is 3. The molecule has 0 radical (unpaired) electrons. The van der Waals surface area contributed by atoms with Crippen LogP contribution in [0.4, 0.5) is 4.79 Å². The fourth-order valence-corrected chi connectivity index (χ4v) is 3.10. The number of carbonyl (C=O) groups excluding carboxylic acids is 1. The van der Waals surface area contributed by atoms with Crippen molar-refractivity contribution in [1.82, 2.24) is 25.0 Å². The summed E-state index contributed by atoms with van der Waals surface area (Å²) in [6.07, 6.45) is 12.9. The second-order valence-electron chi connectivity index (χ2n) is 5.98. The summed E-state index contributed by atoms with van der Waals surface area (Å²) in [6, 6.07) is 0.421. The molecule has 1 aromatic heterocycles. The molecule has 1 saturated heterocycles. The maximum atomic E-state index is 12.3. The van der Waals surface area contributed by atoms with E-state index in [4.69, 9.17) is 0 Å². The van der Waals surface area contributed by atoms with Crippen molar-refractivity contribution in [3.05, 3.63) is 24.8 Å². The highest BCUT2D eigenvalue weighted by Crippen LogP contribution is 2.19. The number of amides is 2. The van der Waals surface area contributed by atoms with E-state index in [2.05, 4.69) is 27.6 Å². The van der Waals surface area contributed by atoms with Crippen LogP contribution in [-0.4, -0.2) is 44.8 Å². The minimum atomic E-state index is 0.106. The first-order valence-electron chi connectivity index (χ1n) is 7.84. The van der Waals surface area contributed by atoms with Crippen molar-refractivity contribution in [3.8, 4) is 0 Å². The number of piperidine rings is 1. The Morgan fingerprint density at radius 2 is 2.10 bits per heavy atom. The van der Waals surface area contributed by atoms with E-state index in [1.807, 2.05) is 9.58 Å². The highest BCUT2D eigenvalue weighted by molar-refractivity contribution is 5.74. The minimum Gasteiger partial charge on any atom is -0.335 e. The van der Waals surface area contributed by atoms with Crippen molar-refractivity contribution < 1.29 is 4.79 Å². The average molecular weight is 289 g/mol. The van der Waals surface area contributed by atoms with E-state index in [1.54, 1.807) is 12.7 Å². The summed E-state index contributed by atoms with van der Waals surface area (Å²) in [4.78, 5) is 18.2. The quantitative estimate of drug-likeness (QED) is 0.863. The Hall–Kier alpha value is -1.85. The molecule has 1 aliphatic heterocycles. The summed E-state index contributed by atoms with van der Waals surface area (Å²) in [6.45, 7) is 2.59. The fraction of sp³-hybridized carbons (Fsp3) is 0.667. The van der Waals surface area contributed by atoms with Crippen molar-refractivity contribution in [1.29, 1.82) is 0 Å². The third-order valence-electron chi connectivity index (χ3n) is 4.41. The average Bonchev–Trinajstić information content (AvgIpc) is 3.02. The van der Waals surface area contributed by atoms with Gasteiger partial charge in [0.1, 0.15) is 12.7 Å². The van der Waals surface area contributed by atoms with Crippen molar-refractivity contribution in [2.45, 2.75) is 44.7 Å². The summed E-state index contributed by atoms with van der Waals surface area (Å²) in [5.74, 6) is 0.591. The van der Waals surface area contributed by atoms with E-state index in [1.165, 1.54) is 0 Å². The van der Waals surface area contributed by atoms with E-state index < -0.39 is 0 Å². The third kappa shape index (κ3) is 3.83. The van der Waals surface area contributed by atoms with Crippen molar-refractivity contribution in [2.75, 3.05) is 13.1 Å². The molecule has 1 aromatic rings. The lowest BCUT2D eigenvalue weighted by molar-refractivity contribution is 0.160. The molecule has 1 N–H and O–H groups in total. The van der Waals surface area contributed by atoms with E-state index >= 15 is 0 Å². The molecule has 2 aliphatic rings. The van der Waals surface area contributed by atoms with E-state index in [-0.39, 0.29) is 6.03 Å². The zero-order valence-electron chi connectivity index (χ0n) is 12.3. The highest BCUT2D eigenvalue weighted by Gasteiger charge is 2.24. The van der Waals surface area contributed by atoms with Gasteiger partial charge in [-0.05, 0) is 38.0 Å². The molecule has 1 aliphatic carbocycles. The Labute approximate surface area is 125 Å². The van der Waals surface area contributed by atoms with Crippen LogP contribution in [0.15, 0.2) is 24.8 Å².